The molecule has 1 aromatic carbocycles. The molecule has 0 fully saturated rings. The zero-order chi connectivity index (χ0) is 13.1. The van der Waals surface area contributed by atoms with Crippen LogP contribution < -0.4 is 5.73 Å². The van der Waals surface area contributed by atoms with Gasteiger partial charge in [0, 0.05) is 33.1 Å². The molecule has 0 aliphatic rings. The van der Waals surface area contributed by atoms with Crippen LogP contribution in [0.1, 0.15) is 0 Å². The number of nitrogen functional groups attached to an aromatic ring is 1. The minimum absolute atomic E-state index is 0.649. The molecule has 1 rings (SSSR count). The Morgan fingerprint density at radius 3 is 1.76 bits per heavy atom. The summed E-state index contributed by atoms with van der Waals surface area (Å²) in [5.74, 6) is 0. The first-order valence-corrected chi connectivity index (χ1v) is 7.14. The minimum Gasteiger partial charge on any atom is -0.399 e. The van der Waals surface area contributed by atoms with Gasteiger partial charge in [-0.2, -0.15) is 0 Å². The summed E-state index contributed by atoms with van der Waals surface area (Å²) in [6.07, 6.45) is 1.74. The van der Waals surface area contributed by atoms with E-state index in [2.05, 4.69) is 6.58 Å². The number of para-hydroxylation sites is 1. The number of anilines is 1. The molecular formula is C12H21NO3Si. The molecule has 0 saturated heterocycles. The highest BCUT2D eigenvalue weighted by atomic mass is 28.4. The minimum atomic E-state index is -2.34. The van der Waals surface area contributed by atoms with E-state index < -0.39 is 8.80 Å². The third-order valence-corrected chi connectivity index (χ3v) is 4.78. The average molecular weight is 255 g/mol. The topological polar surface area (TPSA) is 53.7 Å². The van der Waals surface area contributed by atoms with Gasteiger partial charge in [0.25, 0.3) is 0 Å². The van der Waals surface area contributed by atoms with Gasteiger partial charge < -0.3 is 19.0 Å². The first-order valence-electron chi connectivity index (χ1n) is 5.21. The Hall–Kier alpha value is -1.14. The first-order chi connectivity index (χ1) is 8.14. The van der Waals surface area contributed by atoms with Gasteiger partial charge >= 0.3 is 8.80 Å². The second kappa shape index (κ2) is 8.95. The van der Waals surface area contributed by atoms with E-state index in [4.69, 9.17) is 19.0 Å². The van der Waals surface area contributed by atoms with E-state index in [1.165, 1.54) is 0 Å². The summed E-state index contributed by atoms with van der Waals surface area (Å²) in [4.78, 5) is 0. The predicted molar refractivity (Wildman–Crippen MR) is 72.6 cm³/mol. The maximum Gasteiger partial charge on any atom is 0.504 e. The quantitative estimate of drug-likeness (QED) is 0.498. The van der Waals surface area contributed by atoms with Gasteiger partial charge in [0.05, 0.1) is 0 Å². The average Bonchev–Trinajstić information content (AvgIpc) is 2.38. The number of hydrogen-bond donors (Lipinski definition) is 1. The molecule has 0 unspecified atom stereocenters. The van der Waals surface area contributed by atoms with E-state index >= 15 is 0 Å². The third-order valence-electron chi connectivity index (χ3n) is 2.13. The molecule has 0 amide bonds. The van der Waals surface area contributed by atoms with E-state index in [-0.39, 0.29) is 0 Å². The SMILES string of the molecule is C=CC[Si](OC)(OC)OC.Nc1ccccc1. The Morgan fingerprint density at radius 2 is 1.59 bits per heavy atom. The van der Waals surface area contributed by atoms with E-state index in [0.29, 0.717) is 6.04 Å². The molecular weight excluding hydrogens is 234 g/mol. The summed E-state index contributed by atoms with van der Waals surface area (Å²) in [7, 11) is 2.42. The molecule has 0 spiro atoms. The Balaban J connectivity index is 0.000000318. The van der Waals surface area contributed by atoms with Crippen molar-refractivity contribution in [1.82, 2.24) is 0 Å². The Bertz CT molecular complexity index is 294. The van der Waals surface area contributed by atoms with Gasteiger partial charge in [0.2, 0.25) is 0 Å². The summed E-state index contributed by atoms with van der Waals surface area (Å²) < 4.78 is 15.3. The van der Waals surface area contributed by atoms with Crippen LogP contribution in [0.25, 0.3) is 0 Å². The molecule has 4 nitrogen and oxygen atoms in total. The van der Waals surface area contributed by atoms with Gasteiger partial charge in [0.1, 0.15) is 0 Å². The lowest BCUT2D eigenvalue weighted by molar-refractivity contribution is 0.127. The second-order valence-corrected chi connectivity index (χ2v) is 6.20. The summed E-state index contributed by atoms with van der Waals surface area (Å²) >= 11 is 0. The largest absolute Gasteiger partial charge is 0.504 e. The van der Waals surface area contributed by atoms with Gasteiger partial charge in [-0.25, -0.2) is 0 Å². The van der Waals surface area contributed by atoms with Gasteiger partial charge in [-0.15, -0.1) is 6.58 Å². The van der Waals surface area contributed by atoms with Gasteiger partial charge in [-0.1, -0.05) is 24.3 Å². The lowest BCUT2D eigenvalue weighted by Gasteiger charge is -2.22. The van der Waals surface area contributed by atoms with Gasteiger partial charge in [0.15, 0.2) is 0 Å². The van der Waals surface area contributed by atoms with Gasteiger partial charge in [-0.05, 0) is 12.1 Å². The Kier molecular flexibility index (Phi) is 8.34. The number of hydrogen-bond acceptors (Lipinski definition) is 4. The molecule has 17 heavy (non-hydrogen) atoms. The second-order valence-electron chi connectivity index (χ2n) is 3.20. The van der Waals surface area contributed by atoms with E-state index in [9.17, 15) is 0 Å². The molecule has 0 radical (unpaired) electrons. The molecule has 2 N–H and O–H groups in total. The number of nitrogens with two attached hydrogens (primary N) is 1. The van der Waals surface area contributed by atoms with Gasteiger partial charge in [-0.3, -0.25) is 0 Å². The van der Waals surface area contributed by atoms with Crippen molar-refractivity contribution in [2.75, 3.05) is 27.1 Å². The monoisotopic (exact) mass is 255 g/mol. The van der Waals surface area contributed by atoms with Crippen LogP contribution in [0.15, 0.2) is 43.0 Å². The van der Waals surface area contributed by atoms with E-state index in [1.807, 2.05) is 30.3 Å². The standard InChI is InChI=1S/C6H7N.C6H14O3Si/c7-6-4-2-1-3-5-6;1-5-6-10(7-2,8-3)9-4/h1-5H,7H2;5H,1,6H2,2-4H3. The number of benzene rings is 1. The number of allylic oxidation sites excluding steroid dienone is 1. The summed E-state index contributed by atoms with van der Waals surface area (Å²) in [6.45, 7) is 3.58. The zero-order valence-corrected chi connectivity index (χ0v) is 11.7. The van der Waals surface area contributed by atoms with Crippen LogP contribution in [0.3, 0.4) is 0 Å². The number of rotatable bonds is 5. The third kappa shape index (κ3) is 6.23. The molecule has 96 valence electrons. The molecule has 0 heterocycles. The highest BCUT2D eigenvalue weighted by molar-refractivity contribution is 6.61. The van der Waals surface area contributed by atoms with Crippen molar-refractivity contribution >= 4 is 14.5 Å². The van der Waals surface area contributed by atoms with Crippen molar-refractivity contribution in [3.63, 3.8) is 0 Å². The fourth-order valence-electron chi connectivity index (χ4n) is 1.13. The van der Waals surface area contributed by atoms with Crippen molar-refractivity contribution in [3.8, 4) is 0 Å². The molecule has 0 aromatic heterocycles. The molecule has 0 bridgehead atoms. The maximum atomic E-state index is 5.36. The lowest BCUT2D eigenvalue weighted by Crippen LogP contribution is -2.41. The van der Waals surface area contributed by atoms with Crippen molar-refractivity contribution in [3.05, 3.63) is 43.0 Å². The summed E-state index contributed by atoms with van der Waals surface area (Å²) in [6, 6.07) is 10.1. The van der Waals surface area contributed by atoms with Crippen LogP contribution in [0, 0.1) is 0 Å². The molecule has 5 heteroatoms. The smallest absolute Gasteiger partial charge is 0.399 e. The normalized spacial score (nSPS) is 10.3. The maximum absolute atomic E-state index is 5.36. The van der Waals surface area contributed by atoms with Crippen LogP contribution in [0.2, 0.25) is 6.04 Å². The fraction of sp³-hybridized carbons (Fsp3) is 0.333. The Morgan fingerprint density at radius 1 is 1.12 bits per heavy atom. The van der Waals surface area contributed by atoms with Crippen LogP contribution in [-0.4, -0.2) is 30.1 Å². The molecule has 0 aliphatic carbocycles. The van der Waals surface area contributed by atoms with Crippen molar-refractivity contribution in [1.29, 1.82) is 0 Å². The van der Waals surface area contributed by atoms with Crippen molar-refractivity contribution in [2.24, 2.45) is 0 Å². The summed E-state index contributed by atoms with van der Waals surface area (Å²) in [5, 5.41) is 0. The summed E-state index contributed by atoms with van der Waals surface area (Å²) in [5.41, 5.74) is 6.18. The highest BCUT2D eigenvalue weighted by Crippen LogP contribution is 2.11. The molecule has 0 saturated carbocycles. The Labute approximate surface area is 104 Å². The van der Waals surface area contributed by atoms with E-state index in [1.54, 1.807) is 27.4 Å². The molecule has 0 aliphatic heterocycles. The first kappa shape index (κ1) is 15.9. The predicted octanol–water partition coefficient (Wildman–Crippen LogP) is 2.32. The van der Waals surface area contributed by atoms with E-state index in [0.717, 1.165) is 5.69 Å². The van der Waals surface area contributed by atoms with Crippen molar-refractivity contribution < 1.29 is 13.3 Å². The van der Waals surface area contributed by atoms with Crippen LogP contribution in [-0.2, 0) is 13.3 Å². The van der Waals surface area contributed by atoms with Crippen LogP contribution >= 0.6 is 0 Å². The molecule has 1 aromatic rings. The van der Waals surface area contributed by atoms with Crippen LogP contribution in [0.5, 0.6) is 0 Å². The van der Waals surface area contributed by atoms with Crippen LogP contribution in [0.4, 0.5) is 5.69 Å². The van der Waals surface area contributed by atoms with Crippen molar-refractivity contribution in [2.45, 2.75) is 6.04 Å². The lowest BCUT2D eigenvalue weighted by atomic mass is 10.3. The molecule has 0 atom stereocenters. The fourth-order valence-corrected chi connectivity index (χ4v) is 2.48. The highest BCUT2D eigenvalue weighted by Gasteiger charge is 2.35. The zero-order valence-electron chi connectivity index (χ0n) is 10.7.